The molecule has 2 rings (SSSR count). The summed E-state index contributed by atoms with van der Waals surface area (Å²) in [6.45, 7) is -0.346. The highest BCUT2D eigenvalue weighted by atomic mass is 16.6. The maximum atomic E-state index is 9.65. The molecule has 2 heterocycles. The standard InChI is InChI=1S/C9H12N2O4/c12-4-5-6(13)7(14)8(15-5)9-10-2-1-3-11-9/h1-3,5-8,12-14H,4H2/t5-,6-,7-,8?/m1/s1. The lowest BCUT2D eigenvalue weighted by atomic mass is 10.1. The van der Waals surface area contributed by atoms with E-state index in [9.17, 15) is 10.2 Å². The van der Waals surface area contributed by atoms with Gasteiger partial charge < -0.3 is 20.1 Å². The zero-order valence-electron chi connectivity index (χ0n) is 7.89. The maximum Gasteiger partial charge on any atom is 0.159 e. The number of aliphatic hydroxyl groups excluding tert-OH is 3. The fourth-order valence-corrected chi connectivity index (χ4v) is 1.57. The first-order chi connectivity index (χ1) is 7.24. The molecule has 15 heavy (non-hydrogen) atoms. The Hall–Kier alpha value is -1.08. The predicted molar refractivity (Wildman–Crippen MR) is 48.7 cm³/mol. The summed E-state index contributed by atoms with van der Waals surface area (Å²) in [5, 5.41) is 28.0. The van der Waals surface area contributed by atoms with Crippen LogP contribution in [-0.2, 0) is 4.74 Å². The van der Waals surface area contributed by atoms with Gasteiger partial charge in [-0.05, 0) is 6.07 Å². The van der Waals surface area contributed by atoms with Crippen LogP contribution in [0.4, 0.5) is 0 Å². The summed E-state index contributed by atoms with van der Waals surface area (Å²) in [6, 6.07) is 1.64. The number of aliphatic hydroxyl groups is 3. The number of rotatable bonds is 2. The molecular formula is C9H12N2O4. The Balaban J connectivity index is 2.19. The topological polar surface area (TPSA) is 95.7 Å². The molecule has 4 atom stereocenters. The van der Waals surface area contributed by atoms with E-state index in [1.165, 1.54) is 12.4 Å². The van der Waals surface area contributed by atoms with Crippen molar-refractivity contribution in [3.63, 3.8) is 0 Å². The Morgan fingerprint density at radius 2 is 1.87 bits per heavy atom. The van der Waals surface area contributed by atoms with Gasteiger partial charge in [0, 0.05) is 12.4 Å². The van der Waals surface area contributed by atoms with Crippen molar-refractivity contribution in [1.29, 1.82) is 0 Å². The van der Waals surface area contributed by atoms with Crippen LogP contribution in [0.5, 0.6) is 0 Å². The van der Waals surface area contributed by atoms with Crippen LogP contribution >= 0.6 is 0 Å². The smallest absolute Gasteiger partial charge is 0.159 e. The van der Waals surface area contributed by atoms with Gasteiger partial charge in [0.1, 0.15) is 24.4 Å². The van der Waals surface area contributed by atoms with Gasteiger partial charge in [0.15, 0.2) is 5.82 Å². The van der Waals surface area contributed by atoms with E-state index >= 15 is 0 Å². The Labute approximate surface area is 86.2 Å². The monoisotopic (exact) mass is 212 g/mol. The molecule has 3 N–H and O–H groups in total. The van der Waals surface area contributed by atoms with Gasteiger partial charge in [-0.25, -0.2) is 9.97 Å². The highest BCUT2D eigenvalue weighted by Gasteiger charge is 2.44. The van der Waals surface area contributed by atoms with E-state index < -0.39 is 24.4 Å². The molecule has 1 aliphatic heterocycles. The van der Waals surface area contributed by atoms with Crippen LogP contribution in [-0.4, -0.2) is 50.2 Å². The summed E-state index contributed by atoms with van der Waals surface area (Å²) in [4.78, 5) is 7.85. The molecule has 1 fully saturated rings. The maximum absolute atomic E-state index is 9.65. The minimum atomic E-state index is -1.11. The van der Waals surface area contributed by atoms with E-state index in [4.69, 9.17) is 9.84 Å². The van der Waals surface area contributed by atoms with Crippen molar-refractivity contribution < 1.29 is 20.1 Å². The lowest BCUT2D eigenvalue weighted by molar-refractivity contribution is -0.0253. The van der Waals surface area contributed by atoms with Gasteiger partial charge in [-0.1, -0.05) is 0 Å². The van der Waals surface area contributed by atoms with Crippen molar-refractivity contribution in [3.8, 4) is 0 Å². The van der Waals surface area contributed by atoms with Crippen LogP contribution in [0, 0.1) is 0 Å². The lowest BCUT2D eigenvalue weighted by Gasteiger charge is -2.12. The van der Waals surface area contributed by atoms with Crippen LogP contribution in [0.1, 0.15) is 11.9 Å². The quantitative estimate of drug-likeness (QED) is 0.560. The third-order valence-electron chi connectivity index (χ3n) is 2.38. The zero-order valence-corrected chi connectivity index (χ0v) is 7.89. The van der Waals surface area contributed by atoms with E-state index in [0.29, 0.717) is 5.82 Å². The van der Waals surface area contributed by atoms with E-state index in [-0.39, 0.29) is 6.61 Å². The number of hydrogen-bond donors (Lipinski definition) is 3. The molecule has 0 spiro atoms. The minimum absolute atomic E-state index is 0.306. The van der Waals surface area contributed by atoms with Gasteiger partial charge in [0.2, 0.25) is 0 Å². The van der Waals surface area contributed by atoms with Gasteiger partial charge >= 0.3 is 0 Å². The minimum Gasteiger partial charge on any atom is -0.394 e. The van der Waals surface area contributed by atoms with Gasteiger partial charge in [-0.3, -0.25) is 0 Å². The number of aromatic nitrogens is 2. The second kappa shape index (κ2) is 4.19. The molecule has 82 valence electrons. The first-order valence-electron chi connectivity index (χ1n) is 4.63. The second-order valence-corrected chi connectivity index (χ2v) is 3.37. The van der Waals surface area contributed by atoms with Gasteiger partial charge in [-0.15, -0.1) is 0 Å². The molecule has 1 aromatic heterocycles. The molecule has 0 bridgehead atoms. The van der Waals surface area contributed by atoms with Crippen molar-refractivity contribution in [3.05, 3.63) is 24.3 Å². The Morgan fingerprint density at radius 3 is 2.40 bits per heavy atom. The summed E-state index contributed by atoms with van der Waals surface area (Å²) in [5.41, 5.74) is 0. The molecule has 0 radical (unpaired) electrons. The fourth-order valence-electron chi connectivity index (χ4n) is 1.57. The van der Waals surface area contributed by atoms with Crippen molar-refractivity contribution in [2.75, 3.05) is 6.61 Å². The van der Waals surface area contributed by atoms with Gasteiger partial charge in [0.25, 0.3) is 0 Å². The lowest BCUT2D eigenvalue weighted by Crippen LogP contribution is -2.32. The normalized spacial score (nSPS) is 35.7. The third-order valence-corrected chi connectivity index (χ3v) is 2.38. The van der Waals surface area contributed by atoms with E-state index in [0.717, 1.165) is 0 Å². The number of hydrogen-bond acceptors (Lipinski definition) is 6. The van der Waals surface area contributed by atoms with Gasteiger partial charge in [-0.2, -0.15) is 0 Å². The molecule has 1 aliphatic rings. The van der Waals surface area contributed by atoms with E-state index in [1.807, 2.05) is 0 Å². The summed E-state index contributed by atoms with van der Waals surface area (Å²) < 4.78 is 5.25. The summed E-state index contributed by atoms with van der Waals surface area (Å²) in [7, 11) is 0. The van der Waals surface area contributed by atoms with Crippen molar-refractivity contribution >= 4 is 0 Å². The Kier molecular flexibility index (Phi) is 2.92. The molecule has 0 aliphatic carbocycles. The molecule has 1 saturated heterocycles. The summed E-state index contributed by atoms with van der Waals surface area (Å²) in [5.74, 6) is 0.306. The zero-order chi connectivity index (χ0) is 10.8. The van der Waals surface area contributed by atoms with Crippen molar-refractivity contribution in [2.24, 2.45) is 0 Å². The SMILES string of the molecule is OC[C@H]1OC(c2ncccn2)[C@H](O)[C@@H]1O. The van der Waals surface area contributed by atoms with Crippen LogP contribution in [0.2, 0.25) is 0 Å². The van der Waals surface area contributed by atoms with E-state index in [2.05, 4.69) is 9.97 Å². The summed E-state index contributed by atoms with van der Waals surface area (Å²) >= 11 is 0. The van der Waals surface area contributed by atoms with Crippen LogP contribution in [0.3, 0.4) is 0 Å². The fraction of sp³-hybridized carbons (Fsp3) is 0.556. The Bertz CT molecular complexity index is 321. The number of nitrogens with zero attached hydrogens (tertiary/aromatic N) is 2. The highest BCUT2D eigenvalue weighted by Crippen LogP contribution is 2.31. The largest absolute Gasteiger partial charge is 0.394 e. The van der Waals surface area contributed by atoms with Crippen LogP contribution in [0.25, 0.3) is 0 Å². The molecule has 1 aromatic rings. The first kappa shape index (κ1) is 10.4. The number of ether oxygens (including phenoxy) is 1. The average Bonchev–Trinajstić information content (AvgIpc) is 2.57. The Morgan fingerprint density at radius 1 is 1.20 bits per heavy atom. The predicted octanol–water partition coefficient (Wildman–Crippen LogP) is -1.37. The molecule has 0 amide bonds. The molecule has 6 heteroatoms. The summed E-state index contributed by atoms with van der Waals surface area (Å²) in [6.07, 6.45) is -0.728. The first-order valence-corrected chi connectivity index (χ1v) is 4.63. The van der Waals surface area contributed by atoms with Crippen molar-refractivity contribution in [2.45, 2.75) is 24.4 Å². The second-order valence-electron chi connectivity index (χ2n) is 3.37. The molecule has 0 aromatic carbocycles. The van der Waals surface area contributed by atoms with E-state index in [1.54, 1.807) is 6.07 Å². The molecule has 1 unspecified atom stereocenters. The average molecular weight is 212 g/mol. The highest BCUT2D eigenvalue weighted by molar-refractivity contribution is 5.02. The van der Waals surface area contributed by atoms with Crippen LogP contribution < -0.4 is 0 Å². The van der Waals surface area contributed by atoms with Gasteiger partial charge in [0.05, 0.1) is 6.61 Å². The molecule has 6 nitrogen and oxygen atoms in total. The van der Waals surface area contributed by atoms with Crippen LogP contribution in [0.15, 0.2) is 18.5 Å². The molecule has 0 saturated carbocycles. The van der Waals surface area contributed by atoms with Crippen molar-refractivity contribution in [1.82, 2.24) is 9.97 Å². The third kappa shape index (κ3) is 1.84. The molecular weight excluding hydrogens is 200 g/mol.